The van der Waals surface area contributed by atoms with Crippen molar-refractivity contribution < 1.29 is 14.0 Å². The highest BCUT2D eigenvalue weighted by molar-refractivity contribution is 5.99. The van der Waals surface area contributed by atoms with E-state index >= 15 is 0 Å². The highest BCUT2D eigenvalue weighted by Gasteiger charge is 2.20. The standard InChI is InChI=1S/C14H16FNO2/c1-8(2)5-13(17)10-6-9-3-4-14(18)16-12(9)7-11(10)15/h6-8H,3-5H2,1-2H3,(H,16,18). The molecule has 2 rings (SSSR count). The molecule has 4 heteroatoms. The molecule has 0 atom stereocenters. The number of benzene rings is 1. The van der Waals surface area contributed by atoms with Crippen molar-refractivity contribution in [1.82, 2.24) is 0 Å². The molecule has 0 unspecified atom stereocenters. The SMILES string of the molecule is CC(C)CC(=O)c1cc2c(cc1F)NC(=O)CC2. The van der Waals surface area contributed by atoms with Gasteiger partial charge in [-0.05, 0) is 30.0 Å². The highest BCUT2D eigenvalue weighted by Crippen LogP contribution is 2.26. The largest absolute Gasteiger partial charge is 0.326 e. The topological polar surface area (TPSA) is 46.2 Å². The summed E-state index contributed by atoms with van der Waals surface area (Å²) in [5, 5.41) is 2.62. The van der Waals surface area contributed by atoms with E-state index in [-0.39, 0.29) is 23.2 Å². The Bertz CT molecular complexity index is 509. The summed E-state index contributed by atoms with van der Waals surface area (Å²) in [6.45, 7) is 3.85. The van der Waals surface area contributed by atoms with Gasteiger partial charge in [0.15, 0.2) is 5.78 Å². The van der Waals surface area contributed by atoms with Gasteiger partial charge in [-0.2, -0.15) is 0 Å². The number of hydrogen-bond acceptors (Lipinski definition) is 2. The average molecular weight is 249 g/mol. The Kier molecular flexibility index (Phi) is 3.45. The van der Waals surface area contributed by atoms with Crippen molar-refractivity contribution in [1.29, 1.82) is 0 Å². The van der Waals surface area contributed by atoms with Crippen LogP contribution >= 0.6 is 0 Å². The van der Waals surface area contributed by atoms with Crippen LogP contribution in [0.5, 0.6) is 0 Å². The van der Waals surface area contributed by atoms with Gasteiger partial charge in [0.25, 0.3) is 0 Å². The van der Waals surface area contributed by atoms with Crippen LogP contribution in [0.3, 0.4) is 0 Å². The first-order valence-corrected chi connectivity index (χ1v) is 6.13. The van der Waals surface area contributed by atoms with Gasteiger partial charge >= 0.3 is 0 Å². The van der Waals surface area contributed by atoms with Gasteiger partial charge < -0.3 is 5.32 Å². The maximum Gasteiger partial charge on any atom is 0.224 e. The van der Waals surface area contributed by atoms with Crippen LogP contribution in [0, 0.1) is 11.7 Å². The van der Waals surface area contributed by atoms with Crippen LogP contribution in [0.2, 0.25) is 0 Å². The molecule has 0 bridgehead atoms. The van der Waals surface area contributed by atoms with Crippen LogP contribution in [0.1, 0.15) is 42.6 Å². The quantitative estimate of drug-likeness (QED) is 0.837. The minimum atomic E-state index is -0.554. The molecule has 18 heavy (non-hydrogen) atoms. The first kappa shape index (κ1) is 12.7. The molecule has 1 amide bonds. The number of fused-ring (bicyclic) bond motifs is 1. The second-order valence-corrected chi connectivity index (χ2v) is 5.06. The number of ketones is 1. The van der Waals surface area contributed by atoms with E-state index < -0.39 is 5.82 Å². The zero-order valence-electron chi connectivity index (χ0n) is 10.5. The number of carbonyl (C=O) groups is 2. The molecule has 1 heterocycles. The van der Waals surface area contributed by atoms with Crippen LogP contribution in [0.15, 0.2) is 12.1 Å². The molecule has 0 aliphatic carbocycles. The second-order valence-electron chi connectivity index (χ2n) is 5.06. The van der Waals surface area contributed by atoms with Gasteiger partial charge in [-0.15, -0.1) is 0 Å². The Morgan fingerprint density at radius 3 is 2.78 bits per heavy atom. The van der Waals surface area contributed by atoms with Crippen LogP contribution < -0.4 is 5.32 Å². The Morgan fingerprint density at radius 2 is 2.11 bits per heavy atom. The highest BCUT2D eigenvalue weighted by atomic mass is 19.1. The monoisotopic (exact) mass is 249 g/mol. The summed E-state index contributed by atoms with van der Waals surface area (Å²) in [6.07, 6.45) is 1.28. The van der Waals surface area contributed by atoms with Gasteiger partial charge in [0, 0.05) is 18.5 Å². The summed E-state index contributed by atoms with van der Waals surface area (Å²) in [5.41, 5.74) is 1.46. The lowest BCUT2D eigenvalue weighted by Crippen LogP contribution is -2.20. The van der Waals surface area contributed by atoms with Crippen molar-refractivity contribution in [3.05, 3.63) is 29.1 Å². The molecule has 0 aromatic heterocycles. The Hall–Kier alpha value is -1.71. The number of amides is 1. The zero-order valence-corrected chi connectivity index (χ0v) is 10.5. The zero-order chi connectivity index (χ0) is 13.3. The van der Waals surface area contributed by atoms with Crippen molar-refractivity contribution >= 4 is 17.4 Å². The van der Waals surface area contributed by atoms with E-state index in [0.717, 1.165) is 5.56 Å². The molecular weight excluding hydrogens is 233 g/mol. The third-order valence-electron chi connectivity index (χ3n) is 2.98. The Morgan fingerprint density at radius 1 is 1.39 bits per heavy atom. The van der Waals surface area contributed by atoms with Crippen LogP contribution in [-0.4, -0.2) is 11.7 Å². The molecule has 1 N–H and O–H groups in total. The first-order chi connectivity index (χ1) is 8.47. The third-order valence-corrected chi connectivity index (χ3v) is 2.98. The molecule has 0 spiro atoms. The minimum Gasteiger partial charge on any atom is -0.326 e. The number of carbonyl (C=O) groups excluding carboxylic acids is 2. The predicted molar refractivity (Wildman–Crippen MR) is 67.1 cm³/mol. The maximum absolute atomic E-state index is 13.8. The van der Waals surface area contributed by atoms with Gasteiger partial charge in [0.1, 0.15) is 5.82 Å². The van der Waals surface area contributed by atoms with Crippen LogP contribution in [0.4, 0.5) is 10.1 Å². The number of halogens is 1. The van der Waals surface area contributed by atoms with Crippen molar-refractivity contribution in [2.45, 2.75) is 33.1 Å². The van der Waals surface area contributed by atoms with Gasteiger partial charge in [-0.25, -0.2) is 4.39 Å². The van der Waals surface area contributed by atoms with Gasteiger partial charge in [0.05, 0.1) is 5.56 Å². The summed E-state index contributed by atoms with van der Waals surface area (Å²) in [5.74, 6) is -0.639. The van der Waals surface area contributed by atoms with E-state index in [9.17, 15) is 14.0 Å². The molecule has 0 saturated carbocycles. The number of aryl methyl sites for hydroxylation is 1. The Labute approximate surface area is 105 Å². The molecule has 1 aromatic rings. The van der Waals surface area contributed by atoms with Crippen molar-refractivity contribution in [3.8, 4) is 0 Å². The van der Waals surface area contributed by atoms with Crippen LogP contribution in [-0.2, 0) is 11.2 Å². The van der Waals surface area contributed by atoms with E-state index in [0.29, 0.717) is 24.9 Å². The lowest BCUT2D eigenvalue weighted by molar-refractivity contribution is -0.116. The summed E-state index contributed by atoms with van der Waals surface area (Å²) in [6, 6.07) is 2.83. The first-order valence-electron chi connectivity index (χ1n) is 6.13. The fourth-order valence-corrected chi connectivity index (χ4v) is 2.10. The van der Waals surface area contributed by atoms with Gasteiger partial charge in [-0.1, -0.05) is 13.8 Å². The lowest BCUT2D eigenvalue weighted by atomic mass is 9.95. The summed E-state index contributed by atoms with van der Waals surface area (Å²) < 4.78 is 13.8. The third kappa shape index (κ3) is 2.58. The minimum absolute atomic E-state index is 0.108. The number of rotatable bonds is 3. The number of Topliss-reactive ketones (excluding diaryl/α,β-unsaturated/α-hetero) is 1. The number of anilines is 1. The van der Waals surface area contributed by atoms with Crippen molar-refractivity contribution in [3.63, 3.8) is 0 Å². The van der Waals surface area contributed by atoms with Crippen molar-refractivity contribution in [2.75, 3.05) is 5.32 Å². The summed E-state index contributed by atoms with van der Waals surface area (Å²) in [7, 11) is 0. The van der Waals surface area contributed by atoms with Gasteiger partial charge in [0.2, 0.25) is 5.91 Å². The summed E-state index contributed by atoms with van der Waals surface area (Å²) >= 11 is 0. The fraction of sp³-hybridized carbons (Fsp3) is 0.429. The molecule has 3 nitrogen and oxygen atoms in total. The molecule has 96 valence electrons. The Balaban J connectivity index is 2.33. The van der Waals surface area contributed by atoms with E-state index in [4.69, 9.17) is 0 Å². The van der Waals surface area contributed by atoms with Crippen molar-refractivity contribution in [2.24, 2.45) is 5.92 Å². The predicted octanol–water partition coefficient (Wildman–Crippen LogP) is 2.94. The average Bonchev–Trinajstić information content (AvgIpc) is 2.26. The summed E-state index contributed by atoms with van der Waals surface area (Å²) in [4.78, 5) is 23.1. The molecular formula is C14H16FNO2. The second kappa shape index (κ2) is 4.88. The molecule has 1 aliphatic rings. The van der Waals surface area contributed by atoms with E-state index in [1.165, 1.54) is 6.07 Å². The molecule has 1 aromatic carbocycles. The van der Waals surface area contributed by atoms with E-state index in [2.05, 4.69) is 5.32 Å². The molecule has 0 radical (unpaired) electrons. The molecule has 1 aliphatic heterocycles. The number of nitrogens with one attached hydrogen (secondary N) is 1. The van der Waals surface area contributed by atoms with Gasteiger partial charge in [-0.3, -0.25) is 9.59 Å². The van der Waals surface area contributed by atoms with E-state index in [1.54, 1.807) is 6.07 Å². The number of hydrogen-bond donors (Lipinski definition) is 1. The normalized spacial score (nSPS) is 14.3. The van der Waals surface area contributed by atoms with Crippen LogP contribution in [0.25, 0.3) is 0 Å². The smallest absolute Gasteiger partial charge is 0.224 e. The molecule has 0 saturated heterocycles. The maximum atomic E-state index is 13.8. The lowest BCUT2D eigenvalue weighted by Gasteiger charge is -2.18. The van der Waals surface area contributed by atoms with E-state index in [1.807, 2.05) is 13.8 Å². The fourth-order valence-electron chi connectivity index (χ4n) is 2.10. The molecule has 0 fully saturated rings.